The molecule has 3 heterocycles. The van der Waals surface area contributed by atoms with E-state index in [2.05, 4.69) is 90.2 Å². The van der Waals surface area contributed by atoms with E-state index in [9.17, 15) is 0 Å². The van der Waals surface area contributed by atoms with Crippen LogP contribution in [0.5, 0.6) is 0 Å². The summed E-state index contributed by atoms with van der Waals surface area (Å²) in [5.74, 6) is 8.26. The third-order valence-electron chi connectivity index (χ3n) is 2.51. The summed E-state index contributed by atoms with van der Waals surface area (Å²) in [5, 5.41) is 1.96. The maximum atomic E-state index is 2.18. The molecule has 0 N–H and O–H groups in total. The van der Waals surface area contributed by atoms with Crippen LogP contribution in [0.25, 0.3) is 0 Å². The molecule has 3 aliphatic rings. The van der Waals surface area contributed by atoms with Crippen molar-refractivity contribution < 1.29 is 0 Å². The Kier molecular flexibility index (Phi) is 7.35. The minimum atomic E-state index is 0.782. The second-order valence-corrected chi connectivity index (χ2v) is 15.0. The van der Waals surface area contributed by atoms with Gasteiger partial charge in [-0.25, -0.2) is 0 Å². The van der Waals surface area contributed by atoms with Gasteiger partial charge in [0.1, 0.15) is 0 Å². The van der Waals surface area contributed by atoms with Crippen molar-refractivity contribution in [2.75, 3.05) is 34.5 Å². The van der Waals surface area contributed by atoms with Crippen LogP contribution < -0.4 is 0 Å². The maximum absolute atomic E-state index is 2.18. The first kappa shape index (κ1) is 15.7. The fourth-order valence-electron chi connectivity index (χ4n) is 1.33. The Balaban J connectivity index is 1.36. The normalized spacial score (nSPS) is 32.7. The van der Waals surface area contributed by atoms with E-state index in [1.165, 1.54) is 34.5 Å². The first-order valence-corrected chi connectivity index (χ1v) is 14.9. The molecule has 0 bridgehead atoms. The Morgan fingerprint density at radius 2 is 1.33 bits per heavy atom. The van der Waals surface area contributed by atoms with E-state index in [1.54, 1.807) is 0 Å². The topological polar surface area (TPSA) is 0 Å². The average molecular weight is 393 g/mol. The molecule has 8 heteroatoms. The van der Waals surface area contributed by atoms with Gasteiger partial charge in [-0.3, -0.25) is 0 Å². The van der Waals surface area contributed by atoms with Crippen LogP contribution in [-0.2, 0) is 0 Å². The van der Waals surface area contributed by atoms with Crippen LogP contribution in [0.3, 0.4) is 0 Å². The summed E-state index contributed by atoms with van der Waals surface area (Å²) in [6, 6.07) is 0. The number of hydrogen-bond acceptors (Lipinski definition) is 8. The molecule has 3 rings (SSSR count). The predicted octanol–water partition coefficient (Wildman–Crippen LogP) is 5.11. The Labute approximate surface area is 143 Å². The average Bonchev–Trinajstić information content (AvgIpc) is 3.30. The summed E-state index contributed by atoms with van der Waals surface area (Å²) in [6.45, 7) is 0. The van der Waals surface area contributed by atoms with Gasteiger partial charge in [0.25, 0.3) is 0 Å². The van der Waals surface area contributed by atoms with Crippen LogP contribution in [0.1, 0.15) is 0 Å². The van der Waals surface area contributed by atoms with Crippen molar-refractivity contribution in [3.8, 4) is 0 Å². The van der Waals surface area contributed by atoms with Crippen molar-refractivity contribution in [2.45, 2.75) is 19.7 Å². The summed E-state index contributed by atoms with van der Waals surface area (Å²) < 4.78 is 1.61. The van der Waals surface area contributed by atoms with Gasteiger partial charge in [-0.2, -0.15) is 23.5 Å². The fourth-order valence-corrected chi connectivity index (χ4v) is 15.2. The minimum Gasteiger partial charge on any atom is -0.156 e. The lowest BCUT2D eigenvalue weighted by atomic mass is 10.6. The van der Waals surface area contributed by atoms with Gasteiger partial charge in [0.05, 0.1) is 9.16 Å². The first-order chi connectivity index (χ1) is 8.92. The second-order valence-electron chi connectivity index (χ2n) is 4.15. The van der Waals surface area contributed by atoms with E-state index in [0.29, 0.717) is 0 Å². The highest BCUT2D eigenvalue weighted by Crippen LogP contribution is 2.52. The summed E-state index contributed by atoms with van der Waals surface area (Å²) in [4.78, 5) is 0. The lowest BCUT2D eigenvalue weighted by Crippen LogP contribution is -2.08. The molecule has 0 aromatic carbocycles. The first-order valence-electron chi connectivity index (χ1n) is 5.95. The number of thioether (sulfide) groups is 4. The predicted molar refractivity (Wildman–Crippen MR) is 105 cm³/mol. The summed E-state index contributed by atoms with van der Waals surface area (Å²) in [5.41, 5.74) is 0. The van der Waals surface area contributed by atoms with Gasteiger partial charge in [-0.1, -0.05) is 43.2 Å². The Morgan fingerprint density at radius 3 is 1.78 bits per heavy atom. The lowest BCUT2D eigenvalue weighted by molar-refractivity contribution is 1.27. The van der Waals surface area contributed by atoms with E-state index in [1.807, 2.05) is 0 Å². The highest BCUT2D eigenvalue weighted by molar-refractivity contribution is 8.85. The minimum absolute atomic E-state index is 0.782. The largest absolute Gasteiger partial charge is 0.156 e. The third-order valence-corrected chi connectivity index (χ3v) is 15.2. The molecular formula is C10H16S8. The van der Waals surface area contributed by atoms with Gasteiger partial charge in [0.15, 0.2) is 0 Å². The van der Waals surface area contributed by atoms with Crippen LogP contribution in [0.2, 0.25) is 0 Å². The molecule has 0 spiro atoms. The van der Waals surface area contributed by atoms with Crippen molar-refractivity contribution in [3.63, 3.8) is 0 Å². The molecular weight excluding hydrogens is 377 g/mol. The van der Waals surface area contributed by atoms with Crippen LogP contribution in [0.4, 0.5) is 0 Å². The maximum Gasteiger partial charge on any atom is 0.0919 e. The lowest BCUT2D eigenvalue weighted by Gasteiger charge is -2.19. The molecule has 3 aliphatic heterocycles. The molecule has 0 nitrogen and oxygen atoms in total. The van der Waals surface area contributed by atoms with Crippen molar-refractivity contribution in [1.82, 2.24) is 0 Å². The molecule has 0 amide bonds. The van der Waals surface area contributed by atoms with Gasteiger partial charge in [0.2, 0.25) is 0 Å². The van der Waals surface area contributed by atoms with E-state index in [-0.39, 0.29) is 0 Å². The molecule has 0 radical (unpaired) electrons. The van der Waals surface area contributed by atoms with E-state index in [4.69, 9.17) is 0 Å². The number of hydrogen-bond donors (Lipinski definition) is 0. The van der Waals surface area contributed by atoms with Crippen molar-refractivity contribution >= 4 is 90.2 Å². The molecule has 2 unspecified atom stereocenters. The SMILES string of the molecule is C1CSC(C(SSCC2CS2)SSCC2CS2)S1. The molecule has 18 heavy (non-hydrogen) atoms. The molecule has 3 fully saturated rings. The zero-order valence-electron chi connectivity index (χ0n) is 9.82. The molecule has 0 aromatic heterocycles. The second kappa shape index (κ2) is 8.44. The van der Waals surface area contributed by atoms with Crippen LogP contribution >= 0.6 is 90.2 Å². The Morgan fingerprint density at radius 1 is 0.833 bits per heavy atom. The summed E-state index contributed by atoms with van der Waals surface area (Å²) in [6.07, 6.45) is 0. The molecule has 0 aliphatic carbocycles. The molecule has 0 aromatic rings. The standard InChI is InChI=1S/C10H16S8/c1-2-12-9(11-1)10(17-15-5-7-3-13-7)18-16-6-8-4-14-8/h7-10H,1-6H2. The van der Waals surface area contributed by atoms with Gasteiger partial charge in [-0.05, 0) is 0 Å². The van der Waals surface area contributed by atoms with Gasteiger partial charge in [-0.15, -0.1) is 23.5 Å². The Bertz CT molecular complexity index is 230. The van der Waals surface area contributed by atoms with Crippen molar-refractivity contribution in [2.24, 2.45) is 0 Å². The molecule has 2 atom stereocenters. The monoisotopic (exact) mass is 392 g/mol. The van der Waals surface area contributed by atoms with Crippen LogP contribution in [-0.4, -0.2) is 54.2 Å². The van der Waals surface area contributed by atoms with E-state index >= 15 is 0 Å². The highest BCUT2D eigenvalue weighted by Gasteiger charge is 2.30. The summed E-state index contributed by atoms with van der Waals surface area (Å²) >= 11 is 8.61. The zero-order chi connectivity index (χ0) is 12.2. The van der Waals surface area contributed by atoms with E-state index < -0.39 is 0 Å². The molecule has 3 saturated heterocycles. The highest BCUT2D eigenvalue weighted by atomic mass is 33.1. The quantitative estimate of drug-likeness (QED) is 0.298. The fraction of sp³-hybridized carbons (Fsp3) is 1.00. The molecule has 0 saturated carbocycles. The van der Waals surface area contributed by atoms with Gasteiger partial charge < -0.3 is 0 Å². The van der Waals surface area contributed by atoms with Crippen molar-refractivity contribution in [1.29, 1.82) is 0 Å². The van der Waals surface area contributed by atoms with E-state index in [0.717, 1.165) is 19.7 Å². The number of rotatable bonds is 9. The van der Waals surface area contributed by atoms with Gasteiger partial charge >= 0.3 is 0 Å². The summed E-state index contributed by atoms with van der Waals surface area (Å²) in [7, 11) is 8.56. The zero-order valence-corrected chi connectivity index (χ0v) is 16.4. The molecule has 104 valence electrons. The van der Waals surface area contributed by atoms with Gasteiger partial charge in [0, 0.05) is 45.0 Å². The van der Waals surface area contributed by atoms with Crippen LogP contribution in [0.15, 0.2) is 0 Å². The third kappa shape index (κ3) is 5.89. The van der Waals surface area contributed by atoms with Crippen molar-refractivity contribution in [3.05, 3.63) is 0 Å². The smallest absolute Gasteiger partial charge is 0.0919 e. The van der Waals surface area contributed by atoms with Crippen LogP contribution in [0, 0.1) is 0 Å². The Hall–Kier alpha value is 2.80.